The van der Waals surface area contributed by atoms with E-state index in [-0.39, 0.29) is 5.88 Å². The van der Waals surface area contributed by atoms with Gasteiger partial charge in [0.25, 0.3) is 0 Å². The number of nitrogens with zero attached hydrogens (tertiary/aromatic N) is 1. The third-order valence-corrected chi connectivity index (χ3v) is 2.85. The fourth-order valence-electron chi connectivity index (χ4n) is 1.84. The van der Waals surface area contributed by atoms with Crippen molar-refractivity contribution < 1.29 is 13.9 Å². The van der Waals surface area contributed by atoms with Crippen molar-refractivity contribution in [3.05, 3.63) is 23.9 Å². The molecule has 4 nitrogen and oxygen atoms in total. The summed E-state index contributed by atoms with van der Waals surface area (Å²) in [5, 5.41) is 0. The van der Waals surface area contributed by atoms with Crippen LogP contribution in [0.3, 0.4) is 0 Å². The number of nitrogens with two attached hydrogens (primary N) is 1. The second-order valence-electron chi connectivity index (χ2n) is 4.77. The molecule has 2 rings (SSSR count). The summed E-state index contributed by atoms with van der Waals surface area (Å²) >= 11 is 0. The van der Waals surface area contributed by atoms with Crippen LogP contribution in [0.2, 0.25) is 0 Å². The molecule has 1 saturated carbocycles. The normalized spacial score (nSPS) is 17.6. The highest BCUT2D eigenvalue weighted by Gasteiger charge is 2.52. The first-order valence-electron chi connectivity index (χ1n) is 5.48. The summed E-state index contributed by atoms with van der Waals surface area (Å²) in [5.74, 6) is -2.10. The number of halogens is 1. The van der Waals surface area contributed by atoms with Crippen LogP contribution < -0.4 is 10.5 Å². The van der Waals surface area contributed by atoms with E-state index in [0.717, 1.165) is 0 Å². The molecule has 1 aliphatic rings. The summed E-state index contributed by atoms with van der Waals surface area (Å²) in [6.45, 7) is 2.57. The van der Waals surface area contributed by atoms with Gasteiger partial charge in [0.1, 0.15) is 0 Å². The Kier molecular flexibility index (Phi) is 2.56. The maximum absolute atomic E-state index is 13.5. The molecule has 0 atom stereocenters. The van der Waals surface area contributed by atoms with Crippen molar-refractivity contribution in [1.82, 2.24) is 4.98 Å². The van der Waals surface area contributed by atoms with Crippen LogP contribution in [0.25, 0.3) is 0 Å². The zero-order valence-corrected chi connectivity index (χ0v) is 9.87. The van der Waals surface area contributed by atoms with Crippen LogP contribution in [-0.4, -0.2) is 16.7 Å². The van der Waals surface area contributed by atoms with Gasteiger partial charge in [0.05, 0.1) is 5.41 Å². The Balaban J connectivity index is 2.38. The number of ether oxygens (including phenoxy) is 1. The number of alkyl halides is 1. The second kappa shape index (κ2) is 3.68. The molecule has 0 aliphatic heterocycles. The van der Waals surface area contributed by atoms with Gasteiger partial charge in [0.2, 0.25) is 17.6 Å². The van der Waals surface area contributed by atoms with Crippen molar-refractivity contribution in [3.63, 3.8) is 0 Å². The largest absolute Gasteiger partial charge is 0.441 e. The van der Waals surface area contributed by atoms with E-state index >= 15 is 0 Å². The first-order valence-corrected chi connectivity index (χ1v) is 5.48. The number of aromatic nitrogens is 1. The molecule has 0 saturated heterocycles. The van der Waals surface area contributed by atoms with Crippen LogP contribution >= 0.6 is 0 Å². The van der Waals surface area contributed by atoms with Gasteiger partial charge >= 0.3 is 0 Å². The fourth-order valence-corrected chi connectivity index (χ4v) is 1.84. The van der Waals surface area contributed by atoms with Crippen LogP contribution in [0.15, 0.2) is 18.3 Å². The van der Waals surface area contributed by atoms with Gasteiger partial charge in [-0.25, -0.2) is 4.98 Å². The lowest BCUT2D eigenvalue weighted by Crippen LogP contribution is -2.30. The van der Waals surface area contributed by atoms with Gasteiger partial charge in [-0.1, -0.05) is 6.07 Å². The highest BCUT2D eigenvalue weighted by atomic mass is 19.2. The minimum atomic E-state index is -1.84. The van der Waals surface area contributed by atoms with Gasteiger partial charge in [-0.2, -0.15) is 4.39 Å². The standard InChI is InChI=1S/C12H15FN2O2/c1-11(2,13)17-9-8(4-3-7-15-9)12(5-6-12)10(14)16/h3-4,7H,5-6H2,1-2H3,(H2,14,16). The van der Waals surface area contributed by atoms with Gasteiger partial charge in [0, 0.05) is 25.6 Å². The number of hydrogen-bond donors (Lipinski definition) is 1. The Bertz CT molecular complexity index is 450. The average Bonchev–Trinajstić information content (AvgIpc) is 2.96. The Hall–Kier alpha value is -1.65. The minimum Gasteiger partial charge on any atom is -0.441 e. The lowest BCUT2D eigenvalue weighted by atomic mass is 9.96. The van der Waals surface area contributed by atoms with Crippen molar-refractivity contribution in [3.8, 4) is 5.88 Å². The molecular formula is C12H15FN2O2. The van der Waals surface area contributed by atoms with Crippen molar-refractivity contribution in [2.24, 2.45) is 5.73 Å². The highest BCUT2D eigenvalue weighted by molar-refractivity contribution is 5.90. The topological polar surface area (TPSA) is 65.2 Å². The SMILES string of the molecule is CC(C)(F)Oc1ncccc1C1(C(N)=O)CC1. The van der Waals surface area contributed by atoms with Crippen molar-refractivity contribution in [2.45, 2.75) is 38.0 Å². The second-order valence-corrected chi connectivity index (χ2v) is 4.77. The Morgan fingerprint density at radius 2 is 2.24 bits per heavy atom. The number of carbonyl (C=O) groups excluding carboxylic acids is 1. The summed E-state index contributed by atoms with van der Waals surface area (Å²) < 4.78 is 18.6. The van der Waals surface area contributed by atoms with Gasteiger partial charge in [-0.15, -0.1) is 0 Å². The molecule has 1 amide bonds. The first kappa shape index (κ1) is 11.8. The molecule has 17 heavy (non-hydrogen) atoms. The summed E-state index contributed by atoms with van der Waals surface area (Å²) in [6, 6.07) is 3.41. The molecule has 1 aromatic heterocycles. The molecule has 1 aliphatic carbocycles. The van der Waals surface area contributed by atoms with E-state index in [9.17, 15) is 9.18 Å². The lowest BCUT2D eigenvalue weighted by Gasteiger charge is -2.21. The number of hydrogen-bond acceptors (Lipinski definition) is 3. The Labute approximate surface area is 99.0 Å². The summed E-state index contributed by atoms with van der Waals surface area (Å²) in [5.41, 5.74) is 5.25. The molecular weight excluding hydrogens is 223 g/mol. The molecule has 1 aromatic rings. The van der Waals surface area contributed by atoms with E-state index in [1.807, 2.05) is 0 Å². The highest BCUT2D eigenvalue weighted by Crippen LogP contribution is 2.50. The third kappa shape index (κ3) is 2.23. The number of carbonyl (C=O) groups is 1. The fraction of sp³-hybridized carbons (Fsp3) is 0.500. The number of primary amides is 1. The maximum atomic E-state index is 13.5. The predicted octanol–water partition coefficient (Wildman–Crippen LogP) is 1.68. The zero-order chi connectivity index (χ0) is 12.7. The monoisotopic (exact) mass is 238 g/mol. The lowest BCUT2D eigenvalue weighted by molar-refractivity contribution is -0.120. The number of rotatable bonds is 4. The van der Waals surface area contributed by atoms with Gasteiger partial charge < -0.3 is 10.5 Å². The van der Waals surface area contributed by atoms with E-state index in [4.69, 9.17) is 10.5 Å². The van der Waals surface area contributed by atoms with Gasteiger partial charge in [-0.3, -0.25) is 4.79 Å². The molecule has 1 fully saturated rings. The number of amides is 1. The molecule has 2 N–H and O–H groups in total. The van der Waals surface area contributed by atoms with Gasteiger partial charge in [-0.05, 0) is 18.9 Å². The summed E-state index contributed by atoms with van der Waals surface area (Å²) in [6.07, 6.45) is 2.83. The van der Waals surface area contributed by atoms with Crippen LogP contribution in [-0.2, 0) is 10.2 Å². The molecule has 0 unspecified atom stereocenters. The van der Waals surface area contributed by atoms with E-state index in [0.29, 0.717) is 18.4 Å². The smallest absolute Gasteiger partial charge is 0.244 e. The first-order chi connectivity index (χ1) is 7.85. The van der Waals surface area contributed by atoms with Crippen LogP contribution in [0.1, 0.15) is 32.3 Å². The molecule has 0 spiro atoms. The summed E-state index contributed by atoms with van der Waals surface area (Å²) in [4.78, 5) is 15.4. The summed E-state index contributed by atoms with van der Waals surface area (Å²) in [7, 11) is 0. The van der Waals surface area contributed by atoms with Crippen LogP contribution in [0, 0.1) is 0 Å². The Morgan fingerprint density at radius 3 is 2.71 bits per heavy atom. The molecule has 0 aromatic carbocycles. The van der Waals surface area contributed by atoms with Crippen molar-refractivity contribution in [2.75, 3.05) is 0 Å². The molecule has 0 radical (unpaired) electrons. The predicted molar refractivity (Wildman–Crippen MR) is 60.2 cm³/mol. The average molecular weight is 238 g/mol. The Morgan fingerprint density at radius 1 is 1.59 bits per heavy atom. The van der Waals surface area contributed by atoms with E-state index in [1.54, 1.807) is 12.1 Å². The van der Waals surface area contributed by atoms with Crippen LogP contribution in [0.4, 0.5) is 4.39 Å². The molecule has 0 bridgehead atoms. The van der Waals surface area contributed by atoms with E-state index in [2.05, 4.69) is 4.98 Å². The van der Waals surface area contributed by atoms with Gasteiger partial charge in [0.15, 0.2) is 0 Å². The molecule has 5 heteroatoms. The molecule has 1 heterocycles. The number of pyridine rings is 1. The third-order valence-electron chi connectivity index (χ3n) is 2.85. The quantitative estimate of drug-likeness (QED) is 0.867. The minimum absolute atomic E-state index is 0.149. The molecule has 92 valence electrons. The van der Waals surface area contributed by atoms with Crippen LogP contribution in [0.5, 0.6) is 5.88 Å². The zero-order valence-electron chi connectivity index (χ0n) is 9.87. The maximum Gasteiger partial charge on any atom is 0.244 e. The van der Waals surface area contributed by atoms with Crippen molar-refractivity contribution >= 4 is 5.91 Å². The van der Waals surface area contributed by atoms with E-state index < -0.39 is 17.2 Å². The van der Waals surface area contributed by atoms with Crippen molar-refractivity contribution in [1.29, 1.82) is 0 Å². The van der Waals surface area contributed by atoms with E-state index in [1.165, 1.54) is 20.0 Å².